The largest absolute Gasteiger partial charge is 0.418 e. The van der Waals surface area contributed by atoms with Gasteiger partial charge in [0, 0.05) is 19.5 Å². The summed E-state index contributed by atoms with van der Waals surface area (Å²) in [7, 11) is 0. The smallest absolute Gasteiger partial charge is 0.342 e. The fourth-order valence-electron chi connectivity index (χ4n) is 4.01. The van der Waals surface area contributed by atoms with E-state index >= 15 is 0 Å². The molecular formula is C21H22F3N5O3. The van der Waals surface area contributed by atoms with E-state index in [0.29, 0.717) is 25.0 Å². The molecule has 0 bridgehead atoms. The van der Waals surface area contributed by atoms with Crippen LogP contribution in [0.5, 0.6) is 0 Å². The maximum absolute atomic E-state index is 13.3. The second kappa shape index (κ2) is 8.29. The highest BCUT2D eigenvalue weighted by atomic mass is 19.4. The normalized spacial score (nSPS) is 19.3. The minimum Gasteiger partial charge on any atom is -0.342 e. The molecule has 8 nitrogen and oxygen atoms in total. The minimum absolute atomic E-state index is 0.0390. The van der Waals surface area contributed by atoms with E-state index in [1.807, 2.05) is 4.90 Å². The summed E-state index contributed by atoms with van der Waals surface area (Å²) in [5.74, 6) is -1.88. The highest BCUT2D eigenvalue weighted by Crippen LogP contribution is 2.36. The van der Waals surface area contributed by atoms with Crippen molar-refractivity contribution in [3.8, 4) is 0 Å². The lowest BCUT2D eigenvalue weighted by molar-refractivity contribution is -0.137. The van der Waals surface area contributed by atoms with Crippen LogP contribution in [0.2, 0.25) is 0 Å². The van der Waals surface area contributed by atoms with Crippen molar-refractivity contribution in [2.75, 3.05) is 28.6 Å². The predicted octanol–water partition coefficient (Wildman–Crippen LogP) is 3.09. The zero-order valence-electron chi connectivity index (χ0n) is 17.3. The number of aromatic nitrogens is 2. The molecule has 1 aromatic heterocycles. The number of nitrogens with one attached hydrogen (secondary N) is 3. The van der Waals surface area contributed by atoms with Gasteiger partial charge in [-0.3, -0.25) is 19.4 Å². The lowest BCUT2D eigenvalue weighted by atomic mass is 9.92. The molecule has 0 radical (unpaired) electrons. The summed E-state index contributed by atoms with van der Waals surface area (Å²) in [4.78, 5) is 46.9. The topological polar surface area (TPSA) is 107 Å². The number of halogens is 3. The van der Waals surface area contributed by atoms with Crippen LogP contribution in [0.4, 0.5) is 30.6 Å². The summed E-state index contributed by atoms with van der Waals surface area (Å²) in [5, 5.41) is 4.75. The first-order valence-electron chi connectivity index (χ1n) is 10.3. The highest BCUT2D eigenvalue weighted by molar-refractivity contribution is 6.04. The summed E-state index contributed by atoms with van der Waals surface area (Å²) in [6.07, 6.45) is -3.20. The van der Waals surface area contributed by atoms with Gasteiger partial charge in [-0.25, -0.2) is 0 Å². The average molecular weight is 449 g/mol. The number of carbonyl (C=O) groups excluding carboxylic acids is 2. The first kappa shape index (κ1) is 21.8. The number of alkyl halides is 3. The summed E-state index contributed by atoms with van der Waals surface area (Å²) in [6, 6.07) is 4.52. The number of piperidine rings is 1. The molecule has 0 aliphatic carbocycles. The van der Waals surface area contributed by atoms with Gasteiger partial charge in [-0.1, -0.05) is 19.1 Å². The van der Waals surface area contributed by atoms with E-state index < -0.39 is 40.7 Å². The number of amides is 2. The first-order chi connectivity index (χ1) is 15.1. The Hall–Kier alpha value is -3.37. The van der Waals surface area contributed by atoms with Gasteiger partial charge in [-0.05, 0) is 30.9 Å². The van der Waals surface area contributed by atoms with E-state index in [0.717, 1.165) is 25.0 Å². The number of benzene rings is 1. The van der Waals surface area contributed by atoms with E-state index in [1.54, 1.807) is 0 Å². The van der Waals surface area contributed by atoms with E-state index in [9.17, 15) is 27.6 Å². The molecule has 1 fully saturated rings. The third-order valence-electron chi connectivity index (χ3n) is 5.83. The fourth-order valence-corrected chi connectivity index (χ4v) is 4.01. The van der Waals surface area contributed by atoms with Crippen molar-refractivity contribution < 1.29 is 22.8 Å². The number of hydrogen-bond donors (Lipinski definition) is 3. The summed E-state index contributed by atoms with van der Waals surface area (Å²) in [5.41, 5.74) is -2.13. The van der Waals surface area contributed by atoms with Gasteiger partial charge in [-0.2, -0.15) is 18.2 Å². The van der Waals surface area contributed by atoms with Gasteiger partial charge in [-0.15, -0.1) is 0 Å². The Labute approximate surface area is 181 Å². The number of H-pyrrole nitrogens is 1. The van der Waals surface area contributed by atoms with Gasteiger partial charge >= 0.3 is 6.18 Å². The molecule has 11 heteroatoms. The quantitative estimate of drug-likeness (QED) is 0.668. The molecule has 2 aliphatic rings. The molecule has 1 atom stereocenters. The van der Waals surface area contributed by atoms with Crippen LogP contribution in [-0.2, 0) is 15.8 Å². The second-order valence-corrected chi connectivity index (χ2v) is 8.16. The molecule has 0 spiro atoms. The SMILES string of the molecule is CC1CCN(c2nc3c(c(=O)[nH]2)[C@H](C(=O)Nc2ccccc2C(F)(F)F)CC(=O)N3)CC1. The maximum Gasteiger partial charge on any atom is 0.418 e. The predicted molar refractivity (Wildman–Crippen MR) is 112 cm³/mol. The summed E-state index contributed by atoms with van der Waals surface area (Å²) >= 11 is 0. The molecule has 170 valence electrons. The van der Waals surface area contributed by atoms with Gasteiger partial charge in [0.15, 0.2) is 0 Å². The molecule has 1 saturated heterocycles. The number of aromatic amines is 1. The van der Waals surface area contributed by atoms with Crippen molar-refractivity contribution in [2.45, 2.75) is 38.3 Å². The van der Waals surface area contributed by atoms with Gasteiger partial charge in [0.2, 0.25) is 17.8 Å². The summed E-state index contributed by atoms with van der Waals surface area (Å²) in [6.45, 7) is 3.52. The van der Waals surface area contributed by atoms with Gasteiger partial charge < -0.3 is 15.5 Å². The van der Waals surface area contributed by atoms with Crippen LogP contribution in [0, 0.1) is 5.92 Å². The average Bonchev–Trinajstić information content (AvgIpc) is 2.73. The Kier molecular flexibility index (Phi) is 5.66. The number of anilines is 3. The standard InChI is InChI=1S/C21H22F3N5O3/c1-11-6-8-29(9-7-11)20-27-17-16(19(32)28-20)12(10-15(30)26-17)18(31)25-14-5-3-2-4-13(14)21(22,23)24/h2-5,11-12H,6-10H2,1H3,(H,25,31)(H2,26,27,28,30,32)/t12-/m1/s1. The Morgan fingerprint density at radius 2 is 1.88 bits per heavy atom. The van der Waals surface area contributed by atoms with Crippen molar-refractivity contribution in [1.29, 1.82) is 0 Å². The van der Waals surface area contributed by atoms with Gasteiger partial charge in [0.25, 0.3) is 5.56 Å². The van der Waals surface area contributed by atoms with Crippen molar-refractivity contribution in [3.05, 3.63) is 45.7 Å². The van der Waals surface area contributed by atoms with Crippen molar-refractivity contribution in [3.63, 3.8) is 0 Å². The number of carbonyl (C=O) groups is 2. The zero-order valence-corrected chi connectivity index (χ0v) is 17.3. The molecule has 2 aromatic rings. The Morgan fingerprint density at radius 1 is 1.19 bits per heavy atom. The van der Waals surface area contributed by atoms with Crippen molar-refractivity contribution in [1.82, 2.24) is 9.97 Å². The number of fused-ring (bicyclic) bond motifs is 1. The Bertz CT molecular complexity index is 1110. The number of nitrogens with zero attached hydrogens (tertiary/aromatic N) is 2. The van der Waals surface area contributed by atoms with Gasteiger partial charge in [0.05, 0.1) is 22.7 Å². The third kappa shape index (κ3) is 4.32. The molecule has 0 saturated carbocycles. The fraction of sp³-hybridized carbons (Fsp3) is 0.429. The van der Waals surface area contributed by atoms with Crippen LogP contribution in [0.1, 0.15) is 43.2 Å². The van der Waals surface area contributed by atoms with E-state index in [4.69, 9.17) is 0 Å². The van der Waals surface area contributed by atoms with E-state index in [-0.39, 0.29) is 17.8 Å². The summed E-state index contributed by atoms with van der Waals surface area (Å²) < 4.78 is 39.8. The third-order valence-corrected chi connectivity index (χ3v) is 5.83. The van der Waals surface area contributed by atoms with Crippen LogP contribution in [0.3, 0.4) is 0 Å². The molecule has 4 rings (SSSR count). The highest BCUT2D eigenvalue weighted by Gasteiger charge is 2.38. The molecule has 32 heavy (non-hydrogen) atoms. The van der Waals surface area contributed by atoms with Crippen LogP contribution < -0.4 is 21.1 Å². The van der Waals surface area contributed by atoms with Crippen LogP contribution in [-0.4, -0.2) is 34.9 Å². The lowest BCUT2D eigenvalue weighted by Gasteiger charge is -2.31. The molecular weight excluding hydrogens is 427 g/mol. The molecule has 3 N–H and O–H groups in total. The van der Waals surface area contributed by atoms with Crippen LogP contribution in [0.15, 0.2) is 29.1 Å². The number of hydrogen-bond acceptors (Lipinski definition) is 5. The molecule has 1 aromatic carbocycles. The maximum atomic E-state index is 13.3. The number of para-hydroxylation sites is 1. The second-order valence-electron chi connectivity index (χ2n) is 8.16. The molecule has 2 amide bonds. The van der Waals surface area contributed by atoms with Crippen molar-refractivity contribution in [2.24, 2.45) is 5.92 Å². The molecule has 2 aliphatic heterocycles. The van der Waals surface area contributed by atoms with E-state index in [1.165, 1.54) is 12.1 Å². The Morgan fingerprint density at radius 3 is 2.56 bits per heavy atom. The number of rotatable bonds is 3. The van der Waals surface area contributed by atoms with Crippen molar-refractivity contribution >= 4 is 29.3 Å². The first-order valence-corrected chi connectivity index (χ1v) is 10.3. The monoisotopic (exact) mass is 449 g/mol. The van der Waals surface area contributed by atoms with Crippen LogP contribution >= 0.6 is 0 Å². The zero-order chi connectivity index (χ0) is 23.0. The van der Waals surface area contributed by atoms with E-state index in [2.05, 4.69) is 27.5 Å². The Balaban J connectivity index is 1.65. The van der Waals surface area contributed by atoms with Gasteiger partial charge in [0.1, 0.15) is 5.82 Å². The lowest BCUT2D eigenvalue weighted by Crippen LogP contribution is -2.39. The minimum atomic E-state index is -4.68. The van der Waals surface area contributed by atoms with Crippen LogP contribution in [0.25, 0.3) is 0 Å². The molecule has 0 unspecified atom stereocenters. The molecule has 3 heterocycles.